The van der Waals surface area contributed by atoms with Crippen LogP contribution in [0.2, 0.25) is 0 Å². The van der Waals surface area contributed by atoms with Crippen LogP contribution in [-0.4, -0.2) is 15.7 Å². The Kier molecular flexibility index (Phi) is 7.34. The standard InChI is InChI=1S/C27H31N3S/c1-7-31-25-13-9-22(10-14-25)16-20(3)30-24-12-15-26(29-18-24)21(4)27(5,6)23-11-8-19(2)28-17-23/h8-15,17-18,30H,3-4,7,16H2,1-2,5-6H3. The minimum atomic E-state index is -0.255. The highest BCUT2D eigenvalue weighted by Gasteiger charge is 2.26. The fraction of sp³-hybridized carbons (Fsp3) is 0.259. The highest BCUT2D eigenvalue weighted by atomic mass is 32.2. The minimum absolute atomic E-state index is 0.255. The minimum Gasteiger partial charge on any atom is -0.358 e. The van der Waals surface area contributed by atoms with Crippen LogP contribution in [0.1, 0.15) is 43.3 Å². The first kappa shape index (κ1) is 22.8. The molecule has 0 bridgehead atoms. The number of allylic oxidation sites excluding steroid dienone is 2. The molecule has 1 aromatic carbocycles. The third-order valence-electron chi connectivity index (χ3n) is 5.43. The summed E-state index contributed by atoms with van der Waals surface area (Å²) in [5.41, 5.74) is 6.83. The van der Waals surface area contributed by atoms with Gasteiger partial charge in [-0.25, -0.2) is 0 Å². The average molecular weight is 430 g/mol. The van der Waals surface area contributed by atoms with Crippen molar-refractivity contribution in [1.29, 1.82) is 0 Å². The van der Waals surface area contributed by atoms with E-state index in [9.17, 15) is 0 Å². The molecule has 3 rings (SSSR count). The van der Waals surface area contributed by atoms with Crippen molar-refractivity contribution in [2.75, 3.05) is 11.1 Å². The Morgan fingerprint density at radius 3 is 2.29 bits per heavy atom. The second-order valence-electron chi connectivity index (χ2n) is 8.21. The van der Waals surface area contributed by atoms with Gasteiger partial charge in [-0.05, 0) is 59.7 Å². The summed E-state index contributed by atoms with van der Waals surface area (Å²) in [6.45, 7) is 17.0. The van der Waals surface area contributed by atoms with Gasteiger partial charge in [-0.15, -0.1) is 11.8 Å². The lowest BCUT2D eigenvalue weighted by Gasteiger charge is -2.27. The van der Waals surface area contributed by atoms with Gasteiger partial charge in [0, 0.05) is 34.3 Å². The van der Waals surface area contributed by atoms with E-state index in [0.29, 0.717) is 0 Å². The van der Waals surface area contributed by atoms with Crippen LogP contribution in [0.3, 0.4) is 0 Å². The maximum Gasteiger partial charge on any atom is 0.0666 e. The summed E-state index contributed by atoms with van der Waals surface area (Å²) < 4.78 is 0. The Bertz CT molecular complexity index is 1030. The van der Waals surface area contributed by atoms with E-state index in [1.54, 1.807) is 0 Å². The lowest BCUT2D eigenvalue weighted by atomic mass is 9.77. The SMILES string of the molecule is C=C(Cc1ccc(SCC)cc1)Nc1ccc(C(=C)C(C)(C)c2ccc(C)nc2)nc1. The van der Waals surface area contributed by atoms with Crippen molar-refractivity contribution in [2.45, 2.75) is 44.4 Å². The number of benzene rings is 1. The largest absolute Gasteiger partial charge is 0.358 e. The number of pyridine rings is 2. The predicted molar refractivity (Wildman–Crippen MR) is 135 cm³/mol. The fourth-order valence-corrected chi connectivity index (χ4v) is 4.01. The smallest absolute Gasteiger partial charge is 0.0666 e. The molecule has 0 aliphatic carbocycles. The van der Waals surface area contributed by atoms with Crippen molar-refractivity contribution in [3.05, 3.63) is 102 Å². The van der Waals surface area contributed by atoms with Gasteiger partial charge >= 0.3 is 0 Å². The zero-order valence-electron chi connectivity index (χ0n) is 18.9. The fourth-order valence-electron chi connectivity index (χ4n) is 3.34. The summed E-state index contributed by atoms with van der Waals surface area (Å²) >= 11 is 1.85. The van der Waals surface area contributed by atoms with Crippen molar-refractivity contribution in [2.24, 2.45) is 0 Å². The van der Waals surface area contributed by atoms with Crippen LogP contribution in [0.25, 0.3) is 5.57 Å². The monoisotopic (exact) mass is 429 g/mol. The number of thioether (sulfide) groups is 1. The van der Waals surface area contributed by atoms with Gasteiger partial charge < -0.3 is 5.32 Å². The molecule has 3 aromatic rings. The van der Waals surface area contributed by atoms with Gasteiger partial charge in [0.1, 0.15) is 0 Å². The molecule has 160 valence electrons. The number of anilines is 1. The number of nitrogens with one attached hydrogen (secondary N) is 1. The molecule has 0 unspecified atom stereocenters. The molecule has 0 saturated carbocycles. The number of rotatable bonds is 9. The Labute approximate surface area is 190 Å². The summed E-state index contributed by atoms with van der Waals surface area (Å²) in [7, 11) is 0. The van der Waals surface area contributed by atoms with Gasteiger partial charge in [0.15, 0.2) is 0 Å². The molecule has 2 heterocycles. The molecule has 4 heteroatoms. The molecule has 0 spiro atoms. The van der Waals surface area contributed by atoms with Crippen LogP contribution in [0, 0.1) is 6.92 Å². The quantitative estimate of drug-likeness (QED) is 0.370. The van der Waals surface area contributed by atoms with Gasteiger partial charge in [0.25, 0.3) is 0 Å². The zero-order valence-corrected chi connectivity index (χ0v) is 19.7. The first-order valence-corrected chi connectivity index (χ1v) is 11.5. The van der Waals surface area contributed by atoms with E-state index in [-0.39, 0.29) is 5.41 Å². The molecule has 0 fully saturated rings. The van der Waals surface area contributed by atoms with E-state index in [4.69, 9.17) is 0 Å². The van der Waals surface area contributed by atoms with Gasteiger partial charge in [0.2, 0.25) is 0 Å². The molecule has 31 heavy (non-hydrogen) atoms. The van der Waals surface area contributed by atoms with E-state index in [2.05, 4.69) is 79.5 Å². The van der Waals surface area contributed by atoms with Crippen molar-refractivity contribution in [3.8, 4) is 0 Å². The summed E-state index contributed by atoms with van der Waals surface area (Å²) in [5, 5.41) is 3.37. The zero-order chi connectivity index (χ0) is 22.4. The second-order valence-corrected chi connectivity index (χ2v) is 9.54. The van der Waals surface area contributed by atoms with Gasteiger partial charge in [-0.2, -0.15) is 0 Å². The summed E-state index contributed by atoms with van der Waals surface area (Å²) in [5.74, 6) is 1.09. The number of aromatic nitrogens is 2. The van der Waals surface area contributed by atoms with Crippen molar-refractivity contribution in [1.82, 2.24) is 9.97 Å². The molecule has 3 nitrogen and oxygen atoms in total. The third kappa shape index (κ3) is 5.86. The summed E-state index contributed by atoms with van der Waals surface area (Å²) in [4.78, 5) is 10.4. The average Bonchev–Trinajstić information content (AvgIpc) is 2.75. The first-order valence-electron chi connectivity index (χ1n) is 10.5. The second kappa shape index (κ2) is 9.97. The highest BCUT2D eigenvalue weighted by Crippen LogP contribution is 2.35. The van der Waals surface area contributed by atoms with Gasteiger partial charge in [-0.3, -0.25) is 9.97 Å². The number of hydrogen-bond donors (Lipinski definition) is 1. The molecular weight excluding hydrogens is 398 g/mol. The number of aryl methyl sites for hydroxylation is 1. The Morgan fingerprint density at radius 1 is 0.968 bits per heavy atom. The van der Waals surface area contributed by atoms with E-state index in [0.717, 1.165) is 46.1 Å². The molecule has 0 aliphatic heterocycles. The Balaban J connectivity index is 1.63. The Morgan fingerprint density at radius 2 is 1.71 bits per heavy atom. The van der Waals surface area contributed by atoms with E-state index >= 15 is 0 Å². The molecule has 1 N–H and O–H groups in total. The van der Waals surface area contributed by atoms with E-state index in [1.807, 2.05) is 49.3 Å². The van der Waals surface area contributed by atoms with Crippen molar-refractivity contribution < 1.29 is 0 Å². The molecule has 2 aromatic heterocycles. The van der Waals surface area contributed by atoms with Gasteiger partial charge in [0.05, 0.1) is 17.6 Å². The maximum atomic E-state index is 4.65. The van der Waals surface area contributed by atoms with E-state index in [1.165, 1.54) is 10.5 Å². The Hall–Kier alpha value is -2.85. The lowest BCUT2D eigenvalue weighted by molar-refractivity contribution is 0.685. The first-order chi connectivity index (χ1) is 14.8. The molecule has 0 saturated heterocycles. The normalized spacial score (nSPS) is 11.2. The molecule has 0 amide bonds. The number of nitrogens with zero attached hydrogens (tertiary/aromatic N) is 2. The lowest BCUT2D eigenvalue weighted by Crippen LogP contribution is -2.20. The third-order valence-corrected chi connectivity index (χ3v) is 6.33. The van der Waals surface area contributed by atoms with Crippen LogP contribution < -0.4 is 5.32 Å². The number of hydrogen-bond acceptors (Lipinski definition) is 4. The topological polar surface area (TPSA) is 37.8 Å². The van der Waals surface area contributed by atoms with Crippen LogP contribution in [0.15, 0.2) is 84.7 Å². The van der Waals surface area contributed by atoms with Crippen LogP contribution in [0.4, 0.5) is 5.69 Å². The molecule has 0 radical (unpaired) electrons. The molecule has 0 atom stereocenters. The van der Waals surface area contributed by atoms with Crippen LogP contribution >= 0.6 is 11.8 Å². The molecule has 0 aliphatic rings. The molecular formula is C27H31N3S. The van der Waals surface area contributed by atoms with Crippen LogP contribution in [0.5, 0.6) is 0 Å². The van der Waals surface area contributed by atoms with Crippen LogP contribution in [-0.2, 0) is 11.8 Å². The maximum absolute atomic E-state index is 4.65. The van der Waals surface area contributed by atoms with Crippen molar-refractivity contribution >= 4 is 23.0 Å². The van der Waals surface area contributed by atoms with Gasteiger partial charge in [-0.1, -0.05) is 52.1 Å². The summed E-state index contributed by atoms with van der Waals surface area (Å²) in [6, 6.07) is 16.9. The summed E-state index contributed by atoms with van der Waals surface area (Å²) in [6.07, 6.45) is 4.54. The highest BCUT2D eigenvalue weighted by molar-refractivity contribution is 7.99. The van der Waals surface area contributed by atoms with E-state index < -0.39 is 0 Å². The predicted octanol–water partition coefficient (Wildman–Crippen LogP) is 7.06. The van der Waals surface area contributed by atoms with Crippen molar-refractivity contribution in [3.63, 3.8) is 0 Å².